The molecule has 2 aromatic carbocycles. The van der Waals surface area contributed by atoms with Gasteiger partial charge in [-0.25, -0.2) is 0 Å². The molecule has 0 radical (unpaired) electrons. The second kappa shape index (κ2) is 9.06. The third-order valence-corrected chi connectivity index (χ3v) is 5.30. The van der Waals surface area contributed by atoms with Gasteiger partial charge < -0.3 is 9.47 Å². The Morgan fingerprint density at radius 2 is 1.74 bits per heavy atom. The van der Waals surface area contributed by atoms with E-state index in [1.165, 1.54) is 11.8 Å². The van der Waals surface area contributed by atoms with Crippen LogP contribution in [0.4, 0.5) is 0 Å². The molecule has 27 heavy (non-hydrogen) atoms. The minimum Gasteiger partial charge on any atom is -0.490 e. The first-order chi connectivity index (χ1) is 13.1. The molecule has 1 amide bonds. The third-order valence-electron chi connectivity index (χ3n) is 3.92. The molecule has 1 heterocycles. The lowest BCUT2D eigenvalue weighted by Gasteiger charge is -2.14. The highest BCUT2D eigenvalue weighted by Crippen LogP contribution is 2.35. The molecule has 6 heteroatoms. The molecular formula is C21H21NO3S2. The Morgan fingerprint density at radius 3 is 2.44 bits per heavy atom. The maximum absolute atomic E-state index is 12.8. The van der Waals surface area contributed by atoms with Crippen molar-refractivity contribution in [2.24, 2.45) is 0 Å². The number of hydrogen-bond donors (Lipinski definition) is 0. The van der Waals surface area contributed by atoms with Gasteiger partial charge >= 0.3 is 0 Å². The molecular weight excluding hydrogens is 378 g/mol. The van der Waals surface area contributed by atoms with Gasteiger partial charge in [-0.15, -0.1) is 0 Å². The van der Waals surface area contributed by atoms with Crippen molar-refractivity contribution in [1.82, 2.24) is 4.90 Å². The maximum Gasteiger partial charge on any atom is 0.266 e. The molecule has 2 aromatic rings. The van der Waals surface area contributed by atoms with E-state index in [9.17, 15) is 4.79 Å². The lowest BCUT2D eigenvalue weighted by molar-refractivity contribution is -0.122. The monoisotopic (exact) mass is 399 g/mol. The smallest absolute Gasteiger partial charge is 0.266 e. The van der Waals surface area contributed by atoms with Crippen LogP contribution in [0.2, 0.25) is 0 Å². The van der Waals surface area contributed by atoms with Crippen molar-refractivity contribution in [3.05, 3.63) is 64.6 Å². The van der Waals surface area contributed by atoms with Gasteiger partial charge in [-0.1, -0.05) is 60.4 Å². The number of benzene rings is 2. The summed E-state index contributed by atoms with van der Waals surface area (Å²) < 4.78 is 11.8. The minimum atomic E-state index is -0.0688. The van der Waals surface area contributed by atoms with Crippen LogP contribution in [0.15, 0.2) is 53.4 Å². The Labute approximate surface area is 169 Å². The van der Waals surface area contributed by atoms with Crippen LogP contribution in [0.5, 0.6) is 11.5 Å². The molecule has 1 saturated heterocycles. The Morgan fingerprint density at radius 1 is 1.04 bits per heavy atom. The molecule has 4 nitrogen and oxygen atoms in total. The number of carbonyl (C=O) groups excluding carboxylic acids is 1. The first-order valence-corrected chi connectivity index (χ1v) is 10.0. The van der Waals surface area contributed by atoms with Crippen LogP contribution in [0, 0.1) is 0 Å². The normalized spacial score (nSPS) is 15.5. The van der Waals surface area contributed by atoms with Crippen molar-refractivity contribution >= 4 is 40.3 Å². The number of ether oxygens (including phenoxy) is 2. The van der Waals surface area contributed by atoms with E-state index in [-0.39, 0.29) is 5.91 Å². The van der Waals surface area contributed by atoms with E-state index in [4.69, 9.17) is 21.7 Å². The van der Waals surface area contributed by atoms with Gasteiger partial charge in [0, 0.05) is 0 Å². The van der Waals surface area contributed by atoms with Gasteiger partial charge in [0.2, 0.25) is 0 Å². The average Bonchev–Trinajstić information content (AvgIpc) is 2.92. The highest BCUT2D eigenvalue weighted by molar-refractivity contribution is 8.26. The first kappa shape index (κ1) is 19.5. The van der Waals surface area contributed by atoms with E-state index >= 15 is 0 Å². The molecule has 0 saturated carbocycles. The highest BCUT2D eigenvalue weighted by Gasteiger charge is 2.32. The number of thioether (sulfide) groups is 1. The standard InChI is InChI=1S/C21H21NO3S2/c1-3-24-17-11-10-16(12-18(17)25-4-2)13-19-20(23)22(21(26)27-19)14-15-8-6-5-7-9-15/h5-13H,3-4,14H2,1-2H3. The van der Waals surface area contributed by atoms with Gasteiger partial charge in [-0.05, 0) is 43.2 Å². The average molecular weight is 400 g/mol. The van der Waals surface area contributed by atoms with Crippen LogP contribution in [0.3, 0.4) is 0 Å². The fraction of sp³-hybridized carbons (Fsp3) is 0.238. The number of hydrogen-bond acceptors (Lipinski definition) is 5. The zero-order valence-electron chi connectivity index (χ0n) is 15.3. The topological polar surface area (TPSA) is 38.8 Å². The summed E-state index contributed by atoms with van der Waals surface area (Å²) >= 11 is 6.74. The number of thiocarbonyl (C=S) groups is 1. The molecule has 0 N–H and O–H groups in total. The molecule has 3 rings (SSSR count). The molecule has 1 aliphatic heterocycles. The zero-order valence-corrected chi connectivity index (χ0v) is 16.9. The second-order valence-corrected chi connectivity index (χ2v) is 7.50. The van der Waals surface area contributed by atoms with Crippen LogP contribution in [0.25, 0.3) is 6.08 Å². The van der Waals surface area contributed by atoms with Gasteiger partial charge in [0.05, 0.1) is 24.7 Å². The molecule has 1 fully saturated rings. The Bertz CT molecular complexity index is 865. The van der Waals surface area contributed by atoms with Gasteiger partial charge in [-0.3, -0.25) is 9.69 Å². The van der Waals surface area contributed by atoms with Gasteiger partial charge in [0.1, 0.15) is 4.32 Å². The van der Waals surface area contributed by atoms with Gasteiger partial charge in [0.25, 0.3) is 5.91 Å². The van der Waals surface area contributed by atoms with E-state index in [0.717, 1.165) is 11.1 Å². The van der Waals surface area contributed by atoms with Crippen LogP contribution in [-0.4, -0.2) is 28.3 Å². The fourth-order valence-electron chi connectivity index (χ4n) is 2.71. The van der Waals surface area contributed by atoms with Crippen molar-refractivity contribution in [3.8, 4) is 11.5 Å². The summed E-state index contributed by atoms with van der Waals surface area (Å²) in [5.74, 6) is 1.31. The van der Waals surface area contributed by atoms with Crippen molar-refractivity contribution in [3.63, 3.8) is 0 Å². The summed E-state index contributed by atoms with van der Waals surface area (Å²) in [6.45, 7) is 5.45. The summed E-state index contributed by atoms with van der Waals surface area (Å²) in [6, 6.07) is 15.5. The maximum atomic E-state index is 12.8. The van der Waals surface area contributed by atoms with E-state index in [1.807, 2.05) is 68.5 Å². The van der Waals surface area contributed by atoms with Gasteiger partial charge in [-0.2, -0.15) is 0 Å². The van der Waals surface area contributed by atoms with Crippen molar-refractivity contribution in [2.75, 3.05) is 13.2 Å². The summed E-state index contributed by atoms with van der Waals surface area (Å²) in [5, 5.41) is 0. The number of carbonyl (C=O) groups is 1. The Kier molecular flexibility index (Phi) is 6.53. The molecule has 0 aromatic heterocycles. The largest absolute Gasteiger partial charge is 0.490 e. The van der Waals surface area contributed by atoms with Crippen LogP contribution >= 0.6 is 24.0 Å². The Balaban J connectivity index is 1.82. The predicted molar refractivity (Wildman–Crippen MR) is 114 cm³/mol. The van der Waals surface area contributed by atoms with Crippen molar-refractivity contribution in [2.45, 2.75) is 20.4 Å². The van der Waals surface area contributed by atoms with Crippen LogP contribution < -0.4 is 9.47 Å². The number of amides is 1. The van der Waals surface area contributed by atoms with E-state index < -0.39 is 0 Å². The SMILES string of the molecule is CCOc1ccc(C=C2SC(=S)N(Cc3ccccc3)C2=O)cc1OCC. The number of rotatable bonds is 7. The molecule has 0 aliphatic carbocycles. The fourth-order valence-corrected chi connectivity index (χ4v) is 3.97. The summed E-state index contributed by atoms with van der Waals surface area (Å²) in [7, 11) is 0. The lowest BCUT2D eigenvalue weighted by Crippen LogP contribution is -2.27. The summed E-state index contributed by atoms with van der Waals surface area (Å²) in [6.07, 6.45) is 1.85. The molecule has 140 valence electrons. The van der Waals surface area contributed by atoms with E-state index in [0.29, 0.717) is 40.5 Å². The molecule has 0 spiro atoms. The minimum absolute atomic E-state index is 0.0688. The first-order valence-electron chi connectivity index (χ1n) is 8.81. The number of nitrogens with zero attached hydrogens (tertiary/aromatic N) is 1. The van der Waals surface area contributed by atoms with Crippen LogP contribution in [0.1, 0.15) is 25.0 Å². The van der Waals surface area contributed by atoms with Crippen LogP contribution in [-0.2, 0) is 11.3 Å². The highest BCUT2D eigenvalue weighted by atomic mass is 32.2. The Hall–Kier alpha value is -2.31. The second-order valence-electron chi connectivity index (χ2n) is 5.83. The molecule has 1 aliphatic rings. The molecule has 0 atom stereocenters. The third kappa shape index (κ3) is 4.70. The quantitative estimate of drug-likeness (QED) is 0.490. The predicted octanol–water partition coefficient (Wildman–Crippen LogP) is 4.89. The van der Waals surface area contributed by atoms with E-state index in [2.05, 4.69) is 0 Å². The summed E-state index contributed by atoms with van der Waals surface area (Å²) in [5.41, 5.74) is 1.93. The van der Waals surface area contributed by atoms with Crippen molar-refractivity contribution < 1.29 is 14.3 Å². The van der Waals surface area contributed by atoms with Crippen molar-refractivity contribution in [1.29, 1.82) is 0 Å². The summed E-state index contributed by atoms with van der Waals surface area (Å²) in [4.78, 5) is 15.0. The molecule has 0 unspecified atom stereocenters. The lowest BCUT2D eigenvalue weighted by atomic mass is 10.1. The van der Waals surface area contributed by atoms with E-state index in [1.54, 1.807) is 4.90 Å². The zero-order chi connectivity index (χ0) is 19.2. The van der Waals surface area contributed by atoms with Gasteiger partial charge in [0.15, 0.2) is 11.5 Å². The molecule has 0 bridgehead atoms.